The minimum atomic E-state index is -2.80. The SMILES string of the molecule is CCS(=O)(=O)CCCNCCCCO. The third kappa shape index (κ3) is 8.47. The average molecular weight is 223 g/mol. The van der Waals surface area contributed by atoms with Crippen molar-refractivity contribution in [1.29, 1.82) is 0 Å². The average Bonchev–Trinajstić information content (AvgIpc) is 2.16. The lowest BCUT2D eigenvalue weighted by atomic mass is 10.3. The van der Waals surface area contributed by atoms with Crippen molar-refractivity contribution in [3.05, 3.63) is 0 Å². The molecule has 0 saturated heterocycles. The monoisotopic (exact) mass is 223 g/mol. The number of hydrogen-bond donors (Lipinski definition) is 2. The largest absolute Gasteiger partial charge is 0.396 e. The molecule has 0 bridgehead atoms. The number of sulfone groups is 1. The number of aliphatic hydroxyl groups is 1. The van der Waals surface area contributed by atoms with Crippen LogP contribution in [0.25, 0.3) is 0 Å². The molecule has 0 aromatic carbocycles. The highest BCUT2D eigenvalue weighted by molar-refractivity contribution is 7.91. The van der Waals surface area contributed by atoms with E-state index in [1.165, 1.54) is 0 Å². The van der Waals surface area contributed by atoms with Crippen molar-refractivity contribution in [2.24, 2.45) is 0 Å². The third-order valence-corrected chi connectivity index (χ3v) is 3.80. The molecule has 0 aromatic heterocycles. The zero-order valence-electron chi connectivity index (χ0n) is 8.83. The second kappa shape index (κ2) is 8.20. The van der Waals surface area contributed by atoms with E-state index in [9.17, 15) is 8.42 Å². The summed E-state index contributed by atoms with van der Waals surface area (Å²) in [4.78, 5) is 0. The Morgan fingerprint density at radius 2 is 1.79 bits per heavy atom. The molecule has 0 aliphatic heterocycles. The van der Waals surface area contributed by atoms with Gasteiger partial charge in [0.2, 0.25) is 0 Å². The first-order valence-electron chi connectivity index (χ1n) is 5.14. The van der Waals surface area contributed by atoms with E-state index in [0.29, 0.717) is 6.42 Å². The quantitative estimate of drug-likeness (QED) is 0.547. The highest BCUT2D eigenvalue weighted by Gasteiger charge is 2.05. The molecule has 0 unspecified atom stereocenters. The van der Waals surface area contributed by atoms with Crippen LogP contribution in [0.3, 0.4) is 0 Å². The van der Waals surface area contributed by atoms with E-state index in [-0.39, 0.29) is 18.1 Å². The van der Waals surface area contributed by atoms with Crippen LogP contribution in [0.1, 0.15) is 26.2 Å². The first-order chi connectivity index (χ1) is 6.62. The van der Waals surface area contributed by atoms with Gasteiger partial charge < -0.3 is 10.4 Å². The molecule has 4 nitrogen and oxygen atoms in total. The first-order valence-corrected chi connectivity index (χ1v) is 6.96. The van der Waals surface area contributed by atoms with Gasteiger partial charge in [-0.2, -0.15) is 0 Å². The standard InChI is InChI=1S/C9H21NO3S/c1-2-14(12,13)9-5-7-10-6-3-4-8-11/h10-11H,2-9H2,1H3. The number of rotatable bonds is 9. The number of aliphatic hydroxyl groups excluding tert-OH is 1. The predicted octanol–water partition coefficient (Wildman–Crippen LogP) is 0.173. The fourth-order valence-corrected chi connectivity index (χ4v) is 1.92. The Balaban J connectivity index is 3.22. The van der Waals surface area contributed by atoms with E-state index in [4.69, 9.17) is 5.11 Å². The van der Waals surface area contributed by atoms with Crippen LogP contribution < -0.4 is 5.32 Å². The van der Waals surface area contributed by atoms with E-state index >= 15 is 0 Å². The summed E-state index contributed by atoms with van der Waals surface area (Å²) < 4.78 is 22.1. The molecule has 0 spiro atoms. The normalized spacial score (nSPS) is 11.9. The Bertz CT molecular complexity index is 214. The zero-order chi connectivity index (χ0) is 10.9. The highest BCUT2D eigenvalue weighted by atomic mass is 32.2. The van der Waals surface area contributed by atoms with Gasteiger partial charge in [0.15, 0.2) is 0 Å². The maximum absolute atomic E-state index is 11.1. The summed E-state index contributed by atoms with van der Waals surface area (Å²) in [5.41, 5.74) is 0. The first kappa shape index (κ1) is 13.9. The minimum absolute atomic E-state index is 0.228. The van der Waals surface area contributed by atoms with Crippen molar-refractivity contribution in [2.75, 3.05) is 31.2 Å². The lowest BCUT2D eigenvalue weighted by Gasteiger charge is -2.03. The summed E-state index contributed by atoms with van der Waals surface area (Å²) in [5.74, 6) is 0.508. The van der Waals surface area contributed by atoms with Crippen LogP contribution in [0.4, 0.5) is 0 Å². The van der Waals surface area contributed by atoms with Crippen molar-refractivity contribution in [1.82, 2.24) is 5.32 Å². The lowest BCUT2D eigenvalue weighted by Crippen LogP contribution is -2.20. The molecule has 5 heteroatoms. The molecule has 2 N–H and O–H groups in total. The molecule has 0 amide bonds. The van der Waals surface area contributed by atoms with Crippen LogP contribution in [0, 0.1) is 0 Å². The van der Waals surface area contributed by atoms with Gasteiger partial charge in [-0.15, -0.1) is 0 Å². The second-order valence-electron chi connectivity index (χ2n) is 3.27. The van der Waals surface area contributed by atoms with Crippen LogP contribution in [0.15, 0.2) is 0 Å². The Labute approximate surface area is 86.6 Å². The van der Waals surface area contributed by atoms with Gasteiger partial charge in [-0.1, -0.05) is 6.92 Å². The van der Waals surface area contributed by atoms with Crippen LogP contribution in [0.2, 0.25) is 0 Å². The summed E-state index contributed by atoms with van der Waals surface area (Å²) >= 11 is 0. The van der Waals surface area contributed by atoms with Crippen LogP contribution >= 0.6 is 0 Å². The summed E-state index contributed by atoms with van der Waals surface area (Å²) in [7, 11) is -2.80. The third-order valence-electron chi connectivity index (χ3n) is 2.01. The Kier molecular flexibility index (Phi) is 8.12. The summed E-state index contributed by atoms with van der Waals surface area (Å²) in [5, 5.41) is 11.6. The molecule has 0 saturated carbocycles. The maximum atomic E-state index is 11.1. The lowest BCUT2D eigenvalue weighted by molar-refractivity contribution is 0.284. The van der Waals surface area contributed by atoms with Gasteiger partial charge in [0.1, 0.15) is 9.84 Å². The van der Waals surface area contributed by atoms with E-state index in [1.54, 1.807) is 6.92 Å². The van der Waals surface area contributed by atoms with Gasteiger partial charge in [0, 0.05) is 12.4 Å². The smallest absolute Gasteiger partial charge is 0.150 e. The molecule has 0 heterocycles. The topological polar surface area (TPSA) is 66.4 Å². The molecular weight excluding hydrogens is 202 g/mol. The molecular formula is C9H21NO3S. The molecule has 0 radical (unpaired) electrons. The second-order valence-corrected chi connectivity index (χ2v) is 5.74. The Morgan fingerprint density at radius 3 is 2.36 bits per heavy atom. The molecule has 0 atom stereocenters. The molecule has 0 aliphatic rings. The van der Waals surface area contributed by atoms with Gasteiger partial charge in [-0.25, -0.2) is 8.42 Å². The zero-order valence-corrected chi connectivity index (χ0v) is 9.65. The number of hydrogen-bond acceptors (Lipinski definition) is 4. The van der Waals surface area contributed by atoms with Gasteiger partial charge in [0.25, 0.3) is 0 Å². The highest BCUT2D eigenvalue weighted by Crippen LogP contribution is 1.92. The predicted molar refractivity (Wildman–Crippen MR) is 58.1 cm³/mol. The van der Waals surface area contributed by atoms with E-state index in [0.717, 1.165) is 25.9 Å². The molecule has 0 aromatic rings. The Hall–Kier alpha value is -0.130. The number of unbranched alkanes of at least 4 members (excludes halogenated alkanes) is 1. The summed E-state index contributed by atoms with van der Waals surface area (Å²) in [6, 6.07) is 0. The maximum Gasteiger partial charge on any atom is 0.150 e. The van der Waals surface area contributed by atoms with Crippen LogP contribution in [-0.4, -0.2) is 44.7 Å². The molecule has 0 aliphatic carbocycles. The van der Waals surface area contributed by atoms with Crippen molar-refractivity contribution < 1.29 is 13.5 Å². The molecule has 0 rings (SSSR count). The van der Waals surface area contributed by atoms with E-state index < -0.39 is 9.84 Å². The van der Waals surface area contributed by atoms with Crippen molar-refractivity contribution >= 4 is 9.84 Å². The van der Waals surface area contributed by atoms with Gasteiger partial charge in [-0.3, -0.25) is 0 Å². The van der Waals surface area contributed by atoms with Gasteiger partial charge in [0.05, 0.1) is 5.75 Å². The van der Waals surface area contributed by atoms with E-state index in [1.807, 2.05) is 0 Å². The van der Waals surface area contributed by atoms with Gasteiger partial charge in [-0.05, 0) is 32.4 Å². The van der Waals surface area contributed by atoms with Crippen molar-refractivity contribution in [2.45, 2.75) is 26.2 Å². The van der Waals surface area contributed by atoms with Crippen LogP contribution in [-0.2, 0) is 9.84 Å². The minimum Gasteiger partial charge on any atom is -0.396 e. The van der Waals surface area contributed by atoms with Crippen LogP contribution in [0.5, 0.6) is 0 Å². The summed E-state index contributed by atoms with van der Waals surface area (Å²) in [6.07, 6.45) is 2.42. The molecule has 86 valence electrons. The van der Waals surface area contributed by atoms with Gasteiger partial charge >= 0.3 is 0 Å². The molecule has 14 heavy (non-hydrogen) atoms. The Morgan fingerprint density at radius 1 is 1.14 bits per heavy atom. The van der Waals surface area contributed by atoms with Crippen molar-refractivity contribution in [3.63, 3.8) is 0 Å². The fourth-order valence-electron chi connectivity index (χ4n) is 1.05. The fraction of sp³-hybridized carbons (Fsp3) is 1.00. The molecule has 0 fully saturated rings. The number of nitrogens with one attached hydrogen (secondary N) is 1. The van der Waals surface area contributed by atoms with Crippen molar-refractivity contribution in [3.8, 4) is 0 Å². The van der Waals surface area contributed by atoms with E-state index in [2.05, 4.69) is 5.32 Å². The summed E-state index contributed by atoms with van der Waals surface area (Å²) in [6.45, 7) is 3.49.